The Bertz CT molecular complexity index is 4200. The first kappa shape index (κ1) is 127. The summed E-state index contributed by atoms with van der Waals surface area (Å²) >= 11 is 2.76. The number of unbranched alkanes of at least 4 members (excludes halogenated alkanes) is 4. The van der Waals surface area contributed by atoms with Gasteiger partial charge in [0, 0.05) is 152 Å². The number of ketones is 5. The number of ether oxygens (including phenoxy) is 2. The minimum absolute atomic E-state index is 0. The number of carbonyl (C=O) groups excluding carboxylic acids is 20. The highest BCUT2D eigenvalue weighted by molar-refractivity contribution is 8.00. The fourth-order valence-corrected chi connectivity index (χ4v) is 16.4. The highest BCUT2D eigenvalue weighted by Crippen LogP contribution is 2.28. The molecule has 17 amide bonds. The molecule has 2 aromatic carbocycles. The van der Waals surface area contributed by atoms with E-state index < -0.39 is 59.9 Å². The Morgan fingerprint density at radius 1 is 0.384 bits per heavy atom. The Morgan fingerprint density at radius 3 is 0.949 bits per heavy atom. The number of imide groups is 2. The zero-order valence-electron chi connectivity index (χ0n) is 83.2. The molecule has 19 N–H and O–H groups in total. The topological polar surface area (TPSA) is 603 Å². The summed E-state index contributed by atoms with van der Waals surface area (Å²) in [6, 6.07) is 9.18. The van der Waals surface area contributed by atoms with Crippen molar-refractivity contribution in [3.8, 4) is 0 Å². The predicted octanol–water partition coefficient (Wildman–Crippen LogP) is 8.85. The third kappa shape index (κ3) is 53.3. The number of carbonyl (C=O) groups is 20. The normalized spacial score (nSPS) is 14.9. The summed E-state index contributed by atoms with van der Waals surface area (Å²) < 4.78 is 9.94. The highest BCUT2D eigenvalue weighted by Gasteiger charge is 2.40. The smallest absolute Gasteiger partial charge is 0.312 e. The first-order chi connectivity index (χ1) is 64.8. The molecule has 0 radical (unpaired) electrons. The monoisotopic (exact) mass is 1980 g/mol. The molecule has 0 bridgehead atoms. The summed E-state index contributed by atoms with van der Waals surface area (Å²) in [6.45, 7) is 29.5. The number of urea groups is 4. The van der Waals surface area contributed by atoms with E-state index in [1.54, 1.807) is 55.5 Å². The van der Waals surface area contributed by atoms with Crippen LogP contribution in [0.25, 0.3) is 0 Å². The van der Waals surface area contributed by atoms with Crippen molar-refractivity contribution in [3.05, 3.63) is 59.7 Å². The number of benzene rings is 2. The first-order valence-corrected chi connectivity index (χ1v) is 50.3. The van der Waals surface area contributed by atoms with Crippen molar-refractivity contribution in [1.82, 2.24) is 57.7 Å². The van der Waals surface area contributed by atoms with Gasteiger partial charge < -0.3 is 90.9 Å². The molecule has 39 nitrogen and oxygen atoms in total. The van der Waals surface area contributed by atoms with Crippen LogP contribution in [0.15, 0.2) is 48.5 Å². The van der Waals surface area contributed by atoms with E-state index in [9.17, 15) is 95.9 Å². The number of anilines is 2. The van der Waals surface area contributed by atoms with Gasteiger partial charge in [-0.15, -0.1) is 0 Å². The van der Waals surface area contributed by atoms with Crippen LogP contribution in [-0.2, 0) is 99.4 Å². The average Bonchev–Trinajstić information content (AvgIpc) is 1.72. The Kier molecular flexibility index (Phi) is 65.8. The second-order valence-electron chi connectivity index (χ2n) is 35.2. The van der Waals surface area contributed by atoms with Crippen molar-refractivity contribution >= 4 is 153 Å². The number of rotatable bonds is 64. The summed E-state index contributed by atoms with van der Waals surface area (Å²) in [5.41, 5.74) is 22.9. The maximum atomic E-state index is 13.4. The molecule has 0 saturated carbocycles. The second-order valence-corrected chi connectivity index (χ2v) is 37.3. The van der Waals surface area contributed by atoms with E-state index in [-0.39, 0.29) is 219 Å². The molecule has 2 heterocycles. The summed E-state index contributed by atoms with van der Waals surface area (Å²) in [5.74, 6) is -5.27. The second kappa shape index (κ2) is 71.5. The van der Waals surface area contributed by atoms with Crippen LogP contribution in [0.4, 0.5) is 30.6 Å². The van der Waals surface area contributed by atoms with Gasteiger partial charge in [0.25, 0.3) is 0 Å². The standard InChI is InChI=1S/C32H47N5O8S.C25H43N5O6S.C23H36N4O5.C16H31N3O3.CH4/c1-20(2)29(36-27(40)10-6-5-7-16-37-28(41)18-26(46-4)31(37)43)25(39)17-23(9-8-15-34-32(33)44)30(42)35-24-13-11-22(12-14-24)19-45-21(3)38;1-5-27-23(34)17(10-9-12-28-25(26)36)14-18(31)22(16(2)3)29-20(32)11-7-6-8-13-30-21(33)15-19(37-4)24(30)35;1-5-25-21(15(2)3)20(29)13-18(7-6-12-26-23(24)31)22(30)27-19-10-8-17(9-11-19)14-32-16(4)28;1-5-13(20)12(8-7-9-19-16(17)22)10-14(21)15(11(3)4)18-6-2;/h11-14,20,23,26,29H,5-10,15-19H2,1-4H3,(H,35,42)(H,36,40)(H3,33,34,44);16-17,19,22H,5-15H2,1-4H3,(H,27,34)(H,29,32)(H3,26,28,36);8-11,15,18,21,25H,5-7,12-14H2,1-4H3,(H,27,30)(H3,24,26,31);11-12,15,18H,5-10H2,1-4H3,(H3,17,19,22);1H4/t23-,26?,29+;17-,19?,22+;18-,21+;12-,15+;/m1111./s1. The quantitative estimate of drug-likeness (QED) is 0.0167. The first-order valence-electron chi connectivity index (χ1n) is 47.7. The third-order valence-corrected chi connectivity index (χ3v) is 24.5. The van der Waals surface area contributed by atoms with E-state index >= 15 is 0 Å². The zero-order valence-corrected chi connectivity index (χ0v) is 84.9. The molecule has 138 heavy (non-hydrogen) atoms. The lowest BCUT2D eigenvalue weighted by molar-refractivity contribution is -0.143. The number of hydrogen-bond donors (Lipinski definition) is 15. The minimum atomic E-state index is -0.796. The number of nitrogens with two attached hydrogens (primary N) is 4. The summed E-state index contributed by atoms with van der Waals surface area (Å²) in [6.07, 6.45) is 12.6. The number of likely N-dealkylation sites (N-methyl/N-ethyl adjacent to an activating group) is 2. The lowest BCUT2D eigenvalue weighted by Gasteiger charge is -2.24. The van der Waals surface area contributed by atoms with Gasteiger partial charge in [0.15, 0.2) is 23.1 Å². The van der Waals surface area contributed by atoms with E-state index in [1.807, 2.05) is 88.7 Å². The summed E-state index contributed by atoms with van der Waals surface area (Å²) in [4.78, 5) is 244. The molecule has 2 aliphatic heterocycles. The number of nitrogens with one attached hydrogen (secondary N) is 11. The number of likely N-dealkylation sites (tertiary alicyclic amines) is 2. The molecule has 2 saturated heterocycles. The van der Waals surface area contributed by atoms with Crippen molar-refractivity contribution in [1.29, 1.82) is 0 Å². The van der Waals surface area contributed by atoms with Gasteiger partial charge in [-0.3, -0.25) is 86.5 Å². The maximum absolute atomic E-state index is 13.4. The largest absolute Gasteiger partial charge is 0.461 e. The number of amides is 17. The molecule has 2 aliphatic rings. The van der Waals surface area contributed by atoms with Crippen LogP contribution >= 0.6 is 23.5 Å². The Labute approximate surface area is 823 Å². The summed E-state index contributed by atoms with van der Waals surface area (Å²) in [7, 11) is 0. The van der Waals surface area contributed by atoms with Crippen molar-refractivity contribution < 1.29 is 105 Å². The van der Waals surface area contributed by atoms with Crippen LogP contribution in [0.2, 0.25) is 0 Å². The van der Waals surface area contributed by atoms with Crippen LogP contribution in [0.1, 0.15) is 263 Å². The SMILES string of the molecule is C.CCNC(=O)[C@H](CCCNC(N)=O)CC(=O)[C@@H](NC(=O)CCCCCN1C(=O)CC(SC)C1=O)C(C)C.CCN[C@H](C(=O)C[C@@H](CCCNC(N)=O)C(=O)CC)C(C)C.CCN[C@H](C(=O)C[C@@H](CCCNC(N)=O)C(=O)Nc1ccc(COC(C)=O)cc1)C(C)C.CSC1CC(=O)N(CCCCCC(=O)N[C@H](C(=O)C[C@@H](CCCNC(N)=O)C(=O)Nc2ccc(COC(C)=O)cc2)C(C)C)C1=O. The van der Waals surface area contributed by atoms with E-state index in [0.29, 0.717) is 154 Å². The molecule has 4 rings (SSSR count). The van der Waals surface area contributed by atoms with E-state index in [1.165, 1.54) is 47.2 Å². The molecule has 0 aliphatic carbocycles. The summed E-state index contributed by atoms with van der Waals surface area (Å²) in [5, 5.41) is 29.8. The number of primary amides is 4. The van der Waals surface area contributed by atoms with Crippen molar-refractivity contribution in [3.63, 3.8) is 0 Å². The molecule has 0 spiro atoms. The molecule has 778 valence electrons. The molecule has 2 aromatic rings. The Hall–Kier alpha value is -10.9. The number of esters is 2. The Morgan fingerprint density at radius 2 is 0.681 bits per heavy atom. The predicted molar refractivity (Wildman–Crippen MR) is 534 cm³/mol. The van der Waals surface area contributed by atoms with Gasteiger partial charge in [-0.1, -0.05) is 121 Å². The van der Waals surface area contributed by atoms with Gasteiger partial charge in [0.05, 0.1) is 34.7 Å². The van der Waals surface area contributed by atoms with Gasteiger partial charge in [-0.2, -0.15) is 23.5 Å². The molecule has 2 fully saturated rings. The van der Waals surface area contributed by atoms with Crippen LogP contribution in [0, 0.1) is 47.3 Å². The van der Waals surface area contributed by atoms with Gasteiger partial charge in [0.2, 0.25) is 53.2 Å². The fourth-order valence-electron chi connectivity index (χ4n) is 15.1. The third-order valence-electron chi connectivity index (χ3n) is 22.6. The van der Waals surface area contributed by atoms with Gasteiger partial charge in [-0.25, -0.2) is 19.2 Å². The van der Waals surface area contributed by atoms with Crippen LogP contribution in [-0.4, -0.2) is 234 Å². The van der Waals surface area contributed by atoms with Gasteiger partial charge >= 0.3 is 36.1 Å². The van der Waals surface area contributed by atoms with Crippen molar-refractivity contribution in [2.45, 2.75) is 300 Å². The van der Waals surface area contributed by atoms with Gasteiger partial charge in [-0.05, 0) is 169 Å². The number of nitrogens with zero attached hydrogens (tertiary/aromatic N) is 2. The number of thioether (sulfide) groups is 2. The molecular formula is C97H161N17O22S2. The lowest BCUT2D eigenvalue weighted by atomic mass is 9.87. The van der Waals surface area contributed by atoms with Crippen molar-refractivity contribution in [2.75, 3.05) is 82.0 Å². The van der Waals surface area contributed by atoms with E-state index in [4.69, 9.17) is 32.4 Å². The maximum Gasteiger partial charge on any atom is 0.312 e. The van der Waals surface area contributed by atoms with E-state index in [2.05, 4.69) is 58.5 Å². The fraction of sp³-hybridized carbons (Fsp3) is 0.670. The number of hydrogen-bond acceptors (Lipinski definition) is 26. The van der Waals surface area contributed by atoms with Gasteiger partial charge in [0.1, 0.15) is 19.0 Å². The number of Topliss-reactive ketones (excluding diaryl/α,β-unsaturated/α-hetero) is 5. The van der Waals surface area contributed by atoms with Crippen molar-refractivity contribution in [2.24, 2.45) is 70.3 Å². The van der Waals surface area contributed by atoms with Crippen LogP contribution in [0.3, 0.4) is 0 Å². The average molecular weight is 1980 g/mol. The lowest BCUT2D eigenvalue weighted by Crippen LogP contribution is -2.46. The van der Waals surface area contributed by atoms with E-state index in [0.717, 1.165) is 17.7 Å². The molecule has 0 aromatic heterocycles. The Balaban J connectivity index is 0.00000186. The molecule has 2 unspecified atom stereocenters. The molecular weight excluding hydrogens is 1820 g/mol. The molecule has 41 heteroatoms. The highest BCUT2D eigenvalue weighted by atomic mass is 32.2. The molecule has 10 atom stereocenters. The van der Waals surface area contributed by atoms with Crippen LogP contribution < -0.4 is 81.4 Å². The van der Waals surface area contributed by atoms with Crippen LogP contribution in [0.5, 0.6) is 0 Å². The minimum Gasteiger partial charge on any atom is -0.461 e. The zero-order chi connectivity index (χ0) is 103.